The molecule has 0 aromatic heterocycles. The van der Waals surface area contributed by atoms with E-state index < -0.39 is 15.4 Å². The molecule has 114 valence electrons. The highest BCUT2D eigenvalue weighted by Gasteiger charge is 2.53. The fourth-order valence-corrected chi connectivity index (χ4v) is 3.33. The van der Waals surface area contributed by atoms with Crippen LogP contribution in [0.15, 0.2) is 59.5 Å². The summed E-state index contributed by atoms with van der Waals surface area (Å²) >= 11 is 0. The van der Waals surface area contributed by atoms with Crippen molar-refractivity contribution in [3.8, 4) is 0 Å². The summed E-state index contributed by atoms with van der Waals surface area (Å²) < 4.78 is 23.0. The predicted molar refractivity (Wildman–Crippen MR) is 84.1 cm³/mol. The Hall–Kier alpha value is -1.98. The monoisotopic (exact) mass is 315 g/mol. The lowest BCUT2D eigenvalue weighted by Crippen LogP contribution is -2.18. The third-order valence-electron chi connectivity index (χ3n) is 4.09. The van der Waals surface area contributed by atoms with Crippen molar-refractivity contribution >= 4 is 16.1 Å². The van der Waals surface area contributed by atoms with E-state index in [0.29, 0.717) is 13.1 Å². The van der Waals surface area contributed by atoms with E-state index >= 15 is 0 Å². The first kappa shape index (κ1) is 14.9. The van der Waals surface area contributed by atoms with E-state index in [1.54, 1.807) is 24.3 Å². The number of benzene rings is 2. The van der Waals surface area contributed by atoms with Gasteiger partial charge >= 0.3 is 0 Å². The molecule has 0 N–H and O–H groups in total. The summed E-state index contributed by atoms with van der Waals surface area (Å²) in [4.78, 5) is 14.0. The molecule has 2 unspecified atom stereocenters. The summed E-state index contributed by atoms with van der Waals surface area (Å²) in [7, 11) is -3.22. The maximum Gasteiger partial charge on any atom is 0.175 e. The third kappa shape index (κ3) is 2.69. The van der Waals surface area contributed by atoms with Crippen molar-refractivity contribution in [3.05, 3.63) is 65.7 Å². The molecule has 0 bridgehead atoms. The summed E-state index contributed by atoms with van der Waals surface area (Å²) in [5.41, 5.74) is 1.37. The largest absolute Gasteiger partial charge is 0.301 e. The van der Waals surface area contributed by atoms with E-state index in [1.165, 1.54) is 6.26 Å². The number of nitrogens with zero attached hydrogens (tertiary/aromatic N) is 1. The first-order valence-electron chi connectivity index (χ1n) is 7.02. The second kappa shape index (κ2) is 5.34. The molecular weight excluding hydrogens is 298 g/mol. The van der Waals surface area contributed by atoms with Gasteiger partial charge in [-0.15, -0.1) is 0 Å². The molecule has 4 nitrogen and oxygen atoms in total. The Morgan fingerprint density at radius 1 is 1.09 bits per heavy atom. The molecule has 1 heterocycles. The van der Waals surface area contributed by atoms with Gasteiger partial charge in [-0.1, -0.05) is 42.5 Å². The number of rotatable bonds is 5. The Balaban J connectivity index is 1.82. The lowest BCUT2D eigenvalue weighted by Gasteiger charge is -2.12. The fourth-order valence-electron chi connectivity index (χ4n) is 2.70. The maximum absolute atomic E-state index is 11.6. The minimum absolute atomic E-state index is 0.271. The Labute approximate surface area is 130 Å². The molecule has 3 rings (SSSR count). The van der Waals surface area contributed by atoms with Crippen molar-refractivity contribution in [1.29, 1.82) is 0 Å². The molecule has 1 aliphatic rings. The van der Waals surface area contributed by atoms with E-state index in [0.717, 1.165) is 17.4 Å². The van der Waals surface area contributed by atoms with E-state index in [2.05, 4.69) is 4.90 Å². The van der Waals surface area contributed by atoms with Crippen LogP contribution in [0.5, 0.6) is 0 Å². The van der Waals surface area contributed by atoms with Crippen molar-refractivity contribution in [1.82, 2.24) is 4.90 Å². The van der Waals surface area contributed by atoms with Crippen LogP contribution in [0.1, 0.15) is 11.1 Å². The minimum atomic E-state index is -3.22. The van der Waals surface area contributed by atoms with E-state index in [1.807, 2.05) is 30.3 Å². The lowest BCUT2D eigenvalue weighted by atomic mass is 10.0. The molecule has 0 amide bonds. The highest BCUT2D eigenvalue weighted by molar-refractivity contribution is 7.90. The van der Waals surface area contributed by atoms with E-state index in [-0.39, 0.29) is 4.90 Å². The molecular formula is C17H17NO3S. The third-order valence-corrected chi connectivity index (χ3v) is 5.21. The second-order valence-electron chi connectivity index (χ2n) is 5.68. The summed E-state index contributed by atoms with van der Waals surface area (Å²) in [6.07, 6.45) is 2.13. The van der Waals surface area contributed by atoms with Crippen LogP contribution in [-0.2, 0) is 26.7 Å². The minimum Gasteiger partial charge on any atom is -0.301 e. The van der Waals surface area contributed by atoms with Crippen molar-refractivity contribution < 1.29 is 13.2 Å². The van der Waals surface area contributed by atoms with Crippen molar-refractivity contribution in [2.75, 3.05) is 12.8 Å². The molecule has 2 aromatic rings. The zero-order chi connectivity index (χ0) is 15.8. The van der Waals surface area contributed by atoms with Gasteiger partial charge in [0, 0.05) is 19.3 Å². The molecule has 0 radical (unpaired) electrons. The highest BCUT2D eigenvalue weighted by Crippen LogP contribution is 2.42. The number of hydrogen-bond acceptors (Lipinski definition) is 4. The summed E-state index contributed by atoms with van der Waals surface area (Å²) in [5.74, 6) is 0. The van der Waals surface area contributed by atoms with Gasteiger partial charge in [0.05, 0.1) is 4.90 Å². The van der Waals surface area contributed by atoms with Crippen LogP contribution >= 0.6 is 0 Å². The molecule has 1 fully saturated rings. The van der Waals surface area contributed by atoms with Gasteiger partial charge in [-0.3, -0.25) is 4.90 Å². The first-order chi connectivity index (χ1) is 10.5. The average Bonchev–Trinajstić information content (AvgIpc) is 3.22. The Bertz CT molecular complexity index is 784. The van der Waals surface area contributed by atoms with Crippen LogP contribution in [0, 0.1) is 0 Å². The maximum atomic E-state index is 11.6. The molecule has 22 heavy (non-hydrogen) atoms. The first-order valence-corrected chi connectivity index (χ1v) is 8.91. The SMILES string of the molecule is CS(=O)(=O)c1ccc(C2(C=O)CN2Cc2ccccc2)cc1. The lowest BCUT2D eigenvalue weighted by molar-refractivity contribution is -0.111. The van der Waals surface area contributed by atoms with Crippen molar-refractivity contribution in [2.45, 2.75) is 17.0 Å². The predicted octanol–water partition coefficient (Wildman–Crippen LogP) is 2.00. The van der Waals surface area contributed by atoms with Crippen LogP contribution in [0.4, 0.5) is 0 Å². The van der Waals surface area contributed by atoms with Crippen LogP contribution in [0.3, 0.4) is 0 Å². The molecule has 0 spiro atoms. The van der Waals surface area contributed by atoms with Crippen molar-refractivity contribution in [2.24, 2.45) is 0 Å². The standard InChI is InChI=1S/C17H17NO3S/c1-22(20,21)16-9-7-15(8-10-16)17(13-19)12-18(17)11-14-5-3-2-4-6-14/h2-10,13H,11-12H2,1H3. The van der Waals surface area contributed by atoms with Gasteiger partial charge in [0.25, 0.3) is 0 Å². The topological polar surface area (TPSA) is 54.2 Å². The van der Waals surface area contributed by atoms with Gasteiger partial charge < -0.3 is 4.79 Å². The Morgan fingerprint density at radius 3 is 2.27 bits per heavy atom. The molecule has 1 saturated heterocycles. The summed E-state index contributed by atoms with van der Waals surface area (Å²) in [6, 6.07) is 16.6. The number of carbonyl (C=O) groups excluding carboxylic acids is 1. The number of aldehydes is 1. The van der Waals surface area contributed by atoms with Crippen LogP contribution in [0.25, 0.3) is 0 Å². The summed E-state index contributed by atoms with van der Waals surface area (Å²) in [6.45, 7) is 1.36. The average molecular weight is 315 g/mol. The van der Waals surface area contributed by atoms with Gasteiger partial charge in [0.2, 0.25) is 0 Å². The van der Waals surface area contributed by atoms with E-state index in [9.17, 15) is 13.2 Å². The molecule has 2 atom stereocenters. The highest BCUT2D eigenvalue weighted by atomic mass is 32.2. The zero-order valence-corrected chi connectivity index (χ0v) is 13.1. The summed E-state index contributed by atoms with van der Waals surface area (Å²) in [5, 5.41) is 0. The molecule has 2 aromatic carbocycles. The molecule has 0 saturated carbocycles. The van der Waals surface area contributed by atoms with Crippen LogP contribution in [-0.4, -0.2) is 32.4 Å². The Morgan fingerprint density at radius 2 is 1.73 bits per heavy atom. The second-order valence-corrected chi connectivity index (χ2v) is 7.70. The van der Waals surface area contributed by atoms with Gasteiger partial charge in [-0.25, -0.2) is 8.42 Å². The fraction of sp³-hybridized carbons (Fsp3) is 0.235. The van der Waals surface area contributed by atoms with Gasteiger partial charge in [0.15, 0.2) is 9.84 Å². The van der Waals surface area contributed by atoms with Gasteiger partial charge in [-0.2, -0.15) is 0 Å². The van der Waals surface area contributed by atoms with Gasteiger partial charge in [-0.05, 0) is 23.3 Å². The quantitative estimate of drug-likeness (QED) is 0.625. The molecule has 5 heteroatoms. The molecule has 0 aliphatic carbocycles. The van der Waals surface area contributed by atoms with Crippen molar-refractivity contribution in [3.63, 3.8) is 0 Å². The zero-order valence-electron chi connectivity index (χ0n) is 12.3. The molecule has 1 aliphatic heterocycles. The number of hydrogen-bond donors (Lipinski definition) is 0. The van der Waals surface area contributed by atoms with Gasteiger partial charge in [0.1, 0.15) is 11.8 Å². The number of sulfone groups is 1. The van der Waals surface area contributed by atoms with Crippen LogP contribution in [0.2, 0.25) is 0 Å². The number of carbonyl (C=O) groups is 1. The Kier molecular flexibility index (Phi) is 3.62. The van der Waals surface area contributed by atoms with Crippen LogP contribution < -0.4 is 0 Å². The smallest absolute Gasteiger partial charge is 0.175 e. The normalized spacial score (nSPS) is 24.0. The van der Waals surface area contributed by atoms with E-state index in [4.69, 9.17) is 0 Å².